The van der Waals surface area contributed by atoms with Crippen molar-refractivity contribution in [1.29, 1.82) is 0 Å². The molecular formula is C11H12ClNO3S. The van der Waals surface area contributed by atoms with E-state index in [1.54, 1.807) is 13.1 Å². The summed E-state index contributed by atoms with van der Waals surface area (Å²) in [4.78, 5) is 25.4. The van der Waals surface area contributed by atoms with E-state index in [1.165, 1.54) is 16.2 Å². The monoisotopic (exact) mass is 273 g/mol. The molecule has 0 spiro atoms. The third-order valence-corrected chi connectivity index (χ3v) is 4.15. The van der Waals surface area contributed by atoms with Gasteiger partial charge in [-0.05, 0) is 25.0 Å². The number of halogens is 1. The van der Waals surface area contributed by atoms with Crippen molar-refractivity contribution in [3.63, 3.8) is 0 Å². The molecule has 4 nitrogen and oxygen atoms in total. The Hall–Kier alpha value is -1.07. The number of aliphatic carboxylic acids is 1. The number of rotatable bonds is 4. The van der Waals surface area contributed by atoms with E-state index in [4.69, 9.17) is 16.7 Å². The quantitative estimate of drug-likeness (QED) is 0.856. The molecular weight excluding hydrogens is 262 g/mol. The molecule has 1 aromatic rings. The molecule has 0 bridgehead atoms. The van der Waals surface area contributed by atoms with E-state index < -0.39 is 11.4 Å². The van der Waals surface area contributed by atoms with Crippen molar-refractivity contribution in [2.75, 3.05) is 7.05 Å². The lowest BCUT2D eigenvalue weighted by Gasteiger charge is -2.20. The second kappa shape index (κ2) is 4.31. The average molecular weight is 274 g/mol. The van der Waals surface area contributed by atoms with E-state index in [1.807, 2.05) is 6.07 Å². The molecule has 0 unspecified atom stereocenters. The molecule has 0 atom stereocenters. The first-order valence-corrected chi connectivity index (χ1v) is 6.38. The minimum atomic E-state index is -1.16. The Morgan fingerprint density at radius 3 is 2.59 bits per heavy atom. The van der Waals surface area contributed by atoms with Gasteiger partial charge in [0.15, 0.2) is 0 Å². The van der Waals surface area contributed by atoms with Crippen LogP contribution in [0.1, 0.15) is 17.7 Å². The number of amides is 1. The maximum absolute atomic E-state index is 12.0. The van der Waals surface area contributed by atoms with Crippen molar-refractivity contribution in [3.8, 4) is 0 Å². The maximum Gasteiger partial charge on any atom is 0.319 e. The summed E-state index contributed by atoms with van der Waals surface area (Å²) < 4.78 is 0.667. The molecule has 1 heterocycles. The van der Waals surface area contributed by atoms with Gasteiger partial charge in [0.05, 0.1) is 10.9 Å². The standard InChI is InChI=1S/C11H12ClNO3S/c1-13(6-7-2-3-8(12)17-7)9(14)11(4-5-11)10(15)16/h2-3H,4-6H2,1H3,(H,15,16). The Kier molecular flexibility index (Phi) is 3.14. The highest BCUT2D eigenvalue weighted by molar-refractivity contribution is 7.16. The lowest BCUT2D eigenvalue weighted by atomic mass is 10.1. The van der Waals surface area contributed by atoms with Gasteiger partial charge in [-0.1, -0.05) is 11.6 Å². The Morgan fingerprint density at radius 2 is 2.18 bits per heavy atom. The third-order valence-electron chi connectivity index (χ3n) is 2.94. The van der Waals surface area contributed by atoms with E-state index in [-0.39, 0.29) is 5.91 Å². The number of carbonyl (C=O) groups excluding carboxylic acids is 1. The maximum atomic E-state index is 12.0. The molecule has 2 rings (SSSR count). The topological polar surface area (TPSA) is 57.6 Å². The zero-order valence-corrected chi connectivity index (χ0v) is 10.8. The molecule has 17 heavy (non-hydrogen) atoms. The van der Waals surface area contributed by atoms with Gasteiger partial charge in [-0.3, -0.25) is 9.59 Å². The average Bonchev–Trinajstić information content (AvgIpc) is 2.98. The van der Waals surface area contributed by atoms with E-state index in [2.05, 4.69) is 0 Å². The SMILES string of the molecule is CN(Cc1ccc(Cl)s1)C(=O)C1(C(=O)O)CC1. The first kappa shape index (κ1) is 12.4. The summed E-state index contributed by atoms with van der Waals surface area (Å²) in [5.74, 6) is -1.33. The molecule has 1 saturated carbocycles. The van der Waals surface area contributed by atoms with Gasteiger partial charge in [0.2, 0.25) is 5.91 Å². The largest absolute Gasteiger partial charge is 0.480 e. The molecule has 0 aliphatic heterocycles. The lowest BCUT2D eigenvalue weighted by molar-refractivity contribution is -0.153. The molecule has 1 aliphatic rings. The number of thiophene rings is 1. The van der Waals surface area contributed by atoms with Crippen molar-refractivity contribution in [1.82, 2.24) is 4.90 Å². The fourth-order valence-corrected chi connectivity index (χ4v) is 2.89. The van der Waals surface area contributed by atoms with E-state index in [0.29, 0.717) is 23.7 Å². The summed E-state index contributed by atoms with van der Waals surface area (Å²) in [5, 5.41) is 9.03. The van der Waals surface area contributed by atoms with Gasteiger partial charge in [0, 0.05) is 11.9 Å². The molecule has 6 heteroatoms. The summed E-state index contributed by atoms with van der Waals surface area (Å²) in [6.07, 6.45) is 0.882. The Morgan fingerprint density at radius 1 is 1.53 bits per heavy atom. The molecule has 0 saturated heterocycles. The first-order valence-electron chi connectivity index (χ1n) is 5.19. The Balaban J connectivity index is 2.03. The number of carboxylic acids is 1. The second-order valence-electron chi connectivity index (χ2n) is 4.25. The van der Waals surface area contributed by atoms with Crippen LogP contribution in [-0.4, -0.2) is 28.9 Å². The van der Waals surface area contributed by atoms with Crippen LogP contribution < -0.4 is 0 Å². The summed E-state index contributed by atoms with van der Waals surface area (Å²) in [5.41, 5.74) is -1.16. The van der Waals surface area contributed by atoms with Gasteiger partial charge < -0.3 is 10.0 Å². The molecule has 1 aromatic heterocycles. The summed E-state index contributed by atoms with van der Waals surface area (Å²) >= 11 is 7.19. The Bertz CT molecular complexity index is 467. The van der Waals surface area contributed by atoms with Gasteiger partial charge in [-0.2, -0.15) is 0 Å². The predicted molar refractivity (Wildman–Crippen MR) is 65.1 cm³/mol. The van der Waals surface area contributed by atoms with Crippen LogP contribution in [0.25, 0.3) is 0 Å². The molecule has 92 valence electrons. The van der Waals surface area contributed by atoms with Gasteiger partial charge in [0.1, 0.15) is 5.41 Å². The van der Waals surface area contributed by atoms with Crippen LogP contribution in [0.2, 0.25) is 4.34 Å². The van der Waals surface area contributed by atoms with E-state index >= 15 is 0 Å². The zero-order valence-electron chi connectivity index (χ0n) is 9.27. The van der Waals surface area contributed by atoms with Gasteiger partial charge >= 0.3 is 5.97 Å². The van der Waals surface area contributed by atoms with Crippen LogP contribution in [0.5, 0.6) is 0 Å². The number of hydrogen-bond donors (Lipinski definition) is 1. The van der Waals surface area contributed by atoms with Crippen LogP contribution in [0.15, 0.2) is 12.1 Å². The molecule has 0 aromatic carbocycles. The fraction of sp³-hybridized carbons (Fsp3) is 0.455. The van der Waals surface area contributed by atoms with E-state index in [0.717, 1.165) is 4.88 Å². The highest BCUT2D eigenvalue weighted by Crippen LogP contribution is 2.47. The highest BCUT2D eigenvalue weighted by Gasteiger charge is 2.58. The van der Waals surface area contributed by atoms with E-state index in [9.17, 15) is 9.59 Å². The minimum Gasteiger partial charge on any atom is -0.480 e. The van der Waals surface area contributed by atoms with Crippen molar-refractivity contribution < 1.29 is 14.7 Å². The number of carboxylic acid groups (broad SMARTS) is 1. The van der Waals surface area contributed by atoms with Gasteiger partial charge in [-0.25, -0.2) is 0 Å². The lowest BCUT2D eigenvalue weighted by Crippen LogP contribution is -2.37. The second-order valence-corrected chi connectivity index (χ2v) is 6.05. The predicted octanol–water partition coefficient (Wildman–Crippen LogP) is 2.22. The first-order chi connectivity index (χ1) is 7.95. The van der Waals surface area contributed by atoms with Crippen molar-refractivity contribution in [3.05, 3.63) is 21.3 Å². The minimum absolute atomic E-state index is 0.311. The van der Waals surface area contributed by atoms with Crippen LogP contribution in [-0.2, 0) is 16.1 Å². The zero-order chi connectivity index (χ0) is 12.6. The number of nitrogens with zero attached hydrogens (tertiary/aromatic N) is 1. The third kappa shape index (κ3) is 2.30. The Labute approximate surface area is 108 Å². The van der Waals surface area contributed by atoms with Crippen LogP contribution >= 0.6 is 22.9 Å². The number of hydrogen-bond acceptors (Lipinski definition) is 3. The smallest absolute Gasteiger partial charge is 0.319 e. The van der Waals surface area contributed by atoms with Gasteiger partial charge in [-0.15, -0.1) is 11.3 Å². The summed E-state index contributed by atoms with van der Waals surface area (Å²) in [6.45, 7) is 0.408. The number of carbonyl (C=O) groups is 2. The normalized spacial score (nSPS) is 16.6. The van der Waals surface area contributed by atoms with Gasteiger partial charge in [0.25, 0.3) is 0 Å². The summed E-state index contributed by atoms with van der Waals surface area (Å²) in [6, 6.07) is 3.61. The highest BCUT2D eigenvalue weighted by atomic mass is 35.5. The molecule has 1 N–H and O–H groups in total. The fourth-order valence-electron chi connectivity index (χ4n) is 1.75. The van der Waals surface area contributed by atoms with Crippen molar-refractivity contribution in [2.45, 2.75) is 19.4 Å². The van der Waals surface area contributed by atoms with Crippen LogP contribution in [0.4, 0.5) is 0 Å². The van der Waals surface area contributed by atoms with Crippen LogP contribution in [0, 0.1) is 5.41 Å². The van der Waals surface area contributed by atoms with Crippen molar-refractivity contribution in [2.24, 2.45) is 5.41 Å². The molecule has 1 fully saturated rings. The summed E-state index contributed by atoms with van der Waals surface area (Å²) in [7, 11) is 1.62. The molecule has 1 aliphatic carbocycles. The molecule has 1 amide bonds. The molecule has 0 radical (unpaired) electrons. The van der Waals surface area contributed by atoms with Crippen LogP contribution in [0.3, 0.4) is 0 Å². The van der Waals surface area contributed by atoms with Crippen molar-refractivity contribution >= 4 is 34.8 Å².